The highest BCUT2D eigenvalue weighted by molar-refractivity contribution is 7.89. The predicted molar refractivity (Wildman–Crippen MR) is 80.5 cm³/mol. The third-order valence-corrected chi connectivity index (χ3v) is 3.76. The van der Waals surface area contributed by atoms with E-state index in [9.17, 15) is 21.6 Å². The second-order valence-electron chi connectivity index (χ2n) is 4.56. The molecule has 0 radical (unpaired) electrons. The molecule has 0 heterocycles. The Hall–Kier alpha value is -2.39. The molecule has 0 aliphatic rings. The van der Waals surface area contributed by atoms with Gasteiger partial charge in [-0.05, 0) is 42.0 Å². The minimum Gasteiger partial charge on any atom is -0.279 e. The van der Waals surface area contributed by atoms with E-state index in [-0.39, 0.29) is 4.90 Å². The summed E-state index contributed by atoms with van der Waals surface area (Å²) in [6.07, 6.45) is -3.03. The normalized spacial score (nSPS) is 12.5. The van der Waals surface area contributed by atoms with E-state index < -0.39 is 21.8 Å². The number of nitrogens with one attached hydrogen (secondary N) is 1. The topological polar surface area (TPSA) is 84.5 Å². The van der Waals surface area contributed by atoms with Gasteiger partial charge in [0.2, 0.25) is 10.0 Å². The van der Waals surface area contributed by atoms with Crippen LogP contribution >= 0.6 is 0 Å². The lowest BCUT2D eigenvalue weighted by atomic mass is 10.1. The number of alkyl halides is 3. The van der Waals surface area contributed by atoms with Crippen molar-refractivity contribution in [2.45, 2.75) is 11.1 Å². The molecule has 0 aliphatic carbocycles. The number of sulfonamides is 1. The number of anilines is 1. The molecule has 0 fully saturated rings. The molecule has 3 N–H and O–H groups in total. The fourth-order valence-electron chi connectivity index (χ4n) is 1.66. The summed E-state index contributed by atoms with van der Waals surface area (Å²) in [4.78, 5) is -0.0326. The van der Waals surface area contributed by atoms with E-state index in [1.807, 2.05) is 0 Å². The summed E-state index contributed by atoms with van der Waals surface area (Å²) in [6.45, 7) is 0. The number of rotatable bonds is 4. The molecule has 122 valence electrons. The number of hydrogen-bond donors (Lipinski definition) is 2. The van der Waals surface area contributed by atoms with Crippen molar-refractivity contribution in [1.82, 2.24) is 0 Å². The molecule has 0 amide bonds. The van der Waals surface area contributed by atoms with Crippen LogP contribution in [-0.2, 0) is 16.2 Å². The van der Waals surface area contributed by atoms with Gasteiger partial charge in [-0.1, -0.05) is 12.1 Å². The minimum atomic E-state index is -4.38. The molecular weight excluding hydrogens is 331 g/mol. The summed E-state index contributed by atoms with van der Waals surface area (Å²) in [5, 5.41) is 8.83. The molecule has 0 bridgehead atoms. The Morgan fingerprint density at radius 1 is 1.00 bits per heavy atom. The Morgan fingerprint density at radius 3 is 2.04 bits per heavy atom. The lowest BCUT2D eigenvalue weighted by molar-refractivity contribution is -0.137. The van der Waals surface area contributed by atoms with Gasteiger partial charge in [0.25, 0.3) is 0 Å². The van der Waals surface area contributed by atoms with Gasteiger partial charge in [-0.25, -0.2) is 13.6 Å². The van der Waals surface area contributed by atoms with Gasteiger partial charge in [0.05, 0.1) is 22.4 Å². The second-order valence-corrected chi connectivity index (χ2v) is 6.12. The maximum Gasteiger partial charge on any atom is 0.416 e. The van der Waals surface area contributed by atoms with Crippen LogP contribution in [0.2, 0.25) is 0 Å². The van der Waals surface area contributed by atoms with Crippen molar-refractivity contribution < 1.29 is 21.6 Å². The van der Waals surface area contributed by atoms with E-state index in [0.29, 0.717) is 11.3 Å². The summed E-state index contributed by atoms with van der Waals surface area (Å²) in [5.74, 6) is 0. The van der Waals surface area contributed by atoms with Crippen LogP contribution in [0.15, 0.2) is 58.5 Å². The zero-order valence-corrected chi connectivity index (χ0v) is 12.4. The SMILES string of the molecule is NS(=O)(=O)c1ccc(N/N=C/c2ccc(C(F)(F)F)cc2)cc1. The number of nitrogens with two attached hydrogens (primary N) is 1. The van der Waals surface area contributed by atoms with E-state index >= 15 is 0 Å². The Morgan fingerprint density at radius 2 is 1.57 bits per heavy atom. The average Bonchev–Trinajstić information content (AvgIpc) is 2.46. The molecule has 0 aromatic heterocycles. The maximum atomic E-state index is 12.4. The van der Waals surface area contributed by atoms with Gasteiger partial charge in [-0.2, -0.15) is 18.3 Å². The van der Waals surface area contributed by atoms with E-state index in [4.69, 9.17) is 5.14 Å². The number of hydrazone groups is 1. The molecular formula is C14H12F3N3O2S. The van der Waals surface area contributed by atoms with Crippen LogP contribution < -0.4 is 10.6 Å². The standard InChI is InChI=1S/C14H12F3N3O2S/c15-14(16,17)11-3-1-10(2-4-11)9-19-20-12-5-7-13(8-6-12)23(18,21)22/h1-9,20H,(H2,18,21,22)/b19-9+. The number of benzene rings is 2. The molecule has 0 unspecified atom stereocenters. The van der Waals surface area contributed by atoms with Crippen molar-refractivity contribution >= 4 is 21.9 Å². The Labute approximate surface area is 130 Å². The summed E-state index contributed by atoms with van der Waals surface area (Å²) in [7, 11) is -3.76. The minimum absolute atomic E-state index is 0.0326. The van der Waals surface area contributed by atoms with Gasteiger partial charge in [0.1, 0.15) is 0 Å². The van der Waals surface area contributed by atoms with Crippen LogP contribution in [-0.4, -0.2) is 14.6 Å². The number of nitrogens with zero attached hydrogens (tertiary/aromatic N) is 1. The van der Waals surface area contributed by atoms with Crippen molar-refractivity contribution in [1.29, 1.82) is 0 Å². The number of halogens is 3. The predicted octanol–water partition coefficient (Wildman–Crippen LogP) is 2.80. The zero-order chi connectivity index (χ0) is 17.1. The van der Waals surface area contributed by atoms with E-state index in [1.54, 1.807) is 0 Å². The van der Waals surface area contributed by atoms with Gasteiger partial charge in [-0.15, -0.1) is 0 Å². The van der Waals surface area contributed by atoms with Crippen molar-refractivity contribution in [3.8, 4) is 0 Å². The summed E-state index contributed by atoms with van der Waals surface area (Å²) >= 11 is 0. The Kier molecular flexibility index (Phi) is 4.71. The lowest BCUT2D eigenvalue weighted by Gasteiger charge is -2.06. The van der Waals surface area contributed by atoms with Gasteiger partial charge < -0.3 is 0 Å². The second kappa shape index (κ2) is 6.39. The van der Waals surface area contributed by atoms with Gasteiger partial charge in [-0.3, -0.25) is 5.43 Å². The smallest absolute Gasteiger partial charge is 0.279 e. The summed E-state index contributed by atoms with van der Waals surface area (Å²) in [6, 6.07) is 10.0. The van der Waals surface area contributed by atoms with Crippen molar-refractivity contribution in [2.75, 3.05) is 5.43 Å². The Balaban J connectivity index is 2.02. The molecule has 0 atom stereocenters. The molecule has 23 heavy (non-hydrogen) atoms. The first-order valence-electron chi connectivity index (χ1n) is 6.25. The highest BCUT2D eigenvalue weighted by Gasteiger charge is 2.29. The molecule has 0 saturated heterocycles. The summed E-state index contributed by atoms with van der Waals surface area (Å²) in [5.41, 5.74) is 2.87. The van der Waals surface area contributed by atoms with Crippen molar-refractivity contribution in [3.63, 3.8) is 0 Å². The molecule has 2 aromatic carbocycles. The van der Waals surface area contributed by atoms with Crippen LogP contribution in [0, 0.1) is 0 Å². The third-order valence-electron chi connectivity index (χ3n) is 2.83. The molecule has 0 aliphatic heterocycles. The van der Waals surface area contributed by atoms with Gasteiger partial charge in [0.15, 0.2) is 0 Å². The fourth-order valence-corrected chi connectivity index (χ4v) is 2.17. The quantitative estimate of drug-likeness (QED) is 0.661. The van der Waals surface area contributed by atoms with Crippen LogP contribution in [0.3, 0.4) is 0 Å². The van der Waals surface area contributed by atoms with Crippen LogP contribution in [0.4, 0.5) is 18.9 Å². The largest absolute Gasteiger partial charge is 0.416 e. The van der Waals surface area contributed by atoms with E-state index in [0.717, 1.165) is 12.1 Å². The Bertz CT molecular complexity index is 799. The molecule has 2 rings (SSSR count). The third kappa shape index (κ3) is 4.80. The highest BCUT2D eigenvalue weighted by Crippen LogP contribution is 2.28. The average molecular weight is 343 g/mol. The van der Waals surface area contributed by atoms with Crippen molar-refractivity contribution in [2.24, 2.45) is 10.2 Å². The monoisotopic (exact) mass is 343 g/mol. The fraction of sp³-hybridized carbons (Fsp3) is 0.0714. The summed E-state index contributed by atoms with van der Waals surface area (Å²) < 4.78 is 59.4. The van der Waals surface area contributed by atoms with Gasteiger partial charge in [0, 0.05) is 0 Å². The number of primary sulfonamides is 1. The first-order chi connectivity index (χ1) is 10.7. The molecule has 5 nitrogen and oxygen atoms in total. The number of hydrogen-bond acceptors (Lipinski definition) is 4. The first kappa shape index (κ1) is 17.0. The zero-order valence-electron chi connectivity index (χ0n) is 11.6. The maximum absolute atomic E-state index is 12.4. The van der Waals surface area contributed by atoms with Crippen LogP contribution in [0.1, 0.15) is 11.1 Å². The van der Waals surface area contributed by atoms with E-state index in [2.05, 4.69) is 10.5 Å². The lowest BCUT2D eigenvalue weighted by Crippen LogP contribution is -2.11. The van der Waals surface area contributed by atoms with Crippen molar-refractivity contribution in [3.05, 3.63) is 59.7 Å². The van der Waals surface area contributed by atoms with Crippen LogP contribution in [0.5, 0.6) is 0 Å². The van der Waals surface area contributed by atoms with Gasteiger partial charge >= 0.3 is 6.18 Å². The molecule has 0 spiro atoms. The molecule has 9 heteroatoms. The molecule has 2 aromatic rings. The van der Waals surface area contributed by atoms with Crippen LogP contribution in [0.25, 0.3) is 0 Å². The van der Waals surface area contributed by atoms with E-state index in [1.165, 1.54) is 42.6 Å². The first-order valence-corrected chi connectivity index (χ1v) is 7.80. The highest BCUT2D eigenvalue weighted by atomic mass is 32.2. The molecule has 0 saturated carbocycles.